The minimum atomic E-state index is -0.0324. The van der Waals surface area contributed by atoms with Gasteiger partial charge in [0.2, 0.25) is 0 Å². The van der Waals surface area contributed by atoms with Crippen LogP contribution in [0.15, 0.2) is 35.6 Å². The zero-order chi connectivity index (χ0) is 7.56. The van der Waals surface area contributed by atoms with Crippen molar-refractivity contribution in [3.05, 3.63) is 35.6 Å². The first-order valence-electron chi connectivity index (χ1n) is 3.28. The van der Waals surface area contributed by atoms with Crippen molar-refractivity contribution in [3.63, 3.8) is 0 Å². The van der Waals surface area contributed by atoms with Crippen LogP contribution in [0.25, 0.3) is 0 Å². The highest BCUT2D eigenvalue weighted by atomic mass is 14.6. The van der Waals surface area contributed by atoms with E-state index in [1.165, 1.54) is 0 Å². The maximum absolute atomic E-state index is 5.64. The molecule has 1 rings (SSSR count). The average Bonchev–Trinajstić information content (AvgIpc) is 1.93. The molecule has 0 radical (unpaired) electrons. The van der Waals surface area contributed by atoms with Crippen molar-refractivity contribution in [2.75, 3.05) is 0 Å². The monoisotopic (exact) mass is 136 g/mol. The first-order valence-corrected chi connectivity index (χ1v) is 3.28. The molecule has 4 N–H and O–H groups in total. The minimum Gasteiger partial charge on any atom is -0.399 e. The Balaban J connectivity index is 2.87. The fourth-order valence-electron chi connectivity index (χ4n) is 0.913. The van der Waals surface area contributed by atoms with Gasteiger partial charge in [0.05, 0.1) is 0 Å². The summed E-state index contributed by atoms with van der Waals surface area (Å²) in [7, 11) is 0. The Morgan fingerprint density at radius 3 is 2.70 bits per heavy atom. The minimum absolute atomic E-state index is 0.0324. The number of hydrogen-bond donors (Lipinski definition) is 2. The molecule has 1 unspecified atom stereocenters. The Labute approximate surface area is 60.9 Å². The zero-order valence-electron chi connectivity index (χ0n) is 6.04. The van der Waals surface area contributed by atoms with Crippen molar-refractivity contribution in [1.29, 1.82) is 0 Å². The van der Waals surface area contributed by atoms with Crippen LogP contribution in [0.4, 0.5) is 0 Å². The van der Waals surface area contributed by atoms with Crippen molar-refractivity contribution >= 4 is 0 Å². The van der Waals surface area contributed by atoms with Gasteiger partial charge in [-0.2, -0.15) is 0 Å². The van der Waals surface area contributed by atoms with E-state index in [4.69, 9.17) is 11.5 Å². The van der Waals surface area contributed by atoms with E-state index in [9.17, 15) is 0 Å². The third-order valence-electron chi connectivity index (χ3n) is 1.38. The van der Waals surface area contributed by atoms with Crippen LogP contribution in [0.3, 0.4) is 0 Å². The molecule has 2 heteroatoms. The molecule has 0 fully saturated rings. The van der Waals surface area contributed by atoms with Crippen molar-refractivity contribution in [3.8, 4) is 0 Å². The highest BCUT2D eigenvalue weighted by molar-refractivity contribution is 5.32. The summed E-state index contributed by atoms with van der Waals surface area (Å²) in [4.78, 5) is 0. The van der Waals surface area contributed by atoms with Crippen LogP contribution in [0.2, 0.25) is 0 Å². The number of rotatable bonds is 0. The van der Waals surface area contributed by atoms with Crippen molar-refractivity contribution in [2.45, 2.75) is 13.0 Å². The summed E-state index contributed by atoms with van der Waals surface area (Å²) >= 11 is 0. The van der Waals surface area contributed by atoms with E-state index in [1.54, 1.807) is 0 Å². The fourth-order valence-corrected chi connectivity index (χ4v) is 0.913. The molecule has 0 saturated carbocycles. The van der Waals surface area contributed by atoms with Crippen LogP contribution in [0.5, 0.6) is 0 Å². The molecule has 0 spiro atoms. The lowest BCUT2D eigenvalue weighted by Crippen LogP contribution is -2.14. The van der Waals surface area contributed by atoms with Gasteiger partial charge in [0.1, 0.15) is 0 Å². The molecule has 0 aromatic rings. The molecule has 0 aromatic carbocycles. The first kappa shape index (κ1) is 7.09. The predicted molar refractivity (Wildman–Crippen MR) is 43.1 cm³/mol. The van der Waals surface area contributed by atoms with Crippen molar-refractivity contribution < 1.29 is 0 Å². The van der Waals surface area contributed by atoms with Gasteiger partial charge in [-0.15, -0.1) is 0 Å². The summed E-state index contributed by atoms with van der Waals surface area (Å²) in [6.07, 6.45) is 7.61. The van der Waals surface area contributed by atoms with Gasteiger partial charge < -0.3 is 11.5 Å². The summed E-state index contributed by atoms with van der Waals surface area (Å²) in [5.74, 6) is 0. The molecular formula is C8H12N2. The van der Waals surface area contributed by atoms with Crippen molar-refractivity contribution in [2.24, 2.45) is 11.5 Å². The predicted octanol–water partition coefficient (Wildman–Crippen LogP) is 0.672. The lowest BCUT2D eigenvalue weighted by atomic mass is 10.2. The molecular weight excluding hydrogens is 124 g/mol. The normalized spacial score (nSPS) is 25.2. The lowest BCUT2D eigenvalue weighted by molar-refractivity contribution is 1.01. The van der Waals surface area contributed by atoms with Crippen molar-refractivity contribution in [1.82, 2.24) is 0 Å². The molecule has 1 aliphatic carbocycles. The van der Waals surface area contributed by atoms with Crippen LogP contribution >= 0.6 is 0 Å². The van der Waals surface area contributed by atoms with Crippen LogP contribution in [0, 0.1) is 0 Å². The Hall–Kier alpha value is -1.02. The quantitative estimate of drug-likeness (QED) is 0.514. The van der Waals surface area contributed by atoms with Gasteiger partial charge in [0, 0.05) is 11.7 Å². The summed E-state index contributed by atoms with van der Waals surface area (Å²) < 4.78 is 0. The van der Waals surface area contributed by atoms with Gasteiger partial charge in [-0.25, -0.2) is 0 Å². The van der Waals surface area contributed by atoms with E-state index in [0.717, 1.165) is 11.3 Å². The Kier molecular flexibility index (Phi) is 1.92. The molecule has 10 heavy (non-hydrogen) atoms. The van der Waals surface area contributed by atoms with Gasteiger partial charge in [0.25, 0.3) is 0 Å². The van der Waals surface area contributed by atoms with E-state index >= 15 is 0 Å². The molecule has 0 aromatic heterocycles. The van der Waals surface area contributed by atoms with E-state index < -0.39 is 0 Å². The molecule has 54 valence electrons. The number of nitrogens with two attached hydrogens (primary N) is 2. The molecule has 0 amide bonds. The average molecular weight is 136 g/mol. The summed E-state index contributed by atoms with van der Waals surface area (Å²) in [5.41, 5.74) is 13.1. The van der Waals surface area contributed by atoms with Crippen LogP contribution < -0.4 is 11.5 Å². The number of hydrogen-bond acceptors (Lipinski definition) is 2. The van der Waals surface area contributed by atoms with E-state index in [-0.39, 0.29) is 6.04 Å². The van der Waals surface area contributed by atoms with Crippen LogP contribution in [-0.4, -0.2) is 6.04 Å². The second-order valence-electron chi connectivity index (χ2n) is 2.49. The maximum Gasteiger partial charge on any atom is 0.0438 e. The van der Waals surface area contributed by atoms with E-state index in [0.29, 0.717) is 0 Å². The molecule has 0 bridgehead atoms. The van der Waals surface area contributed by atoms with E-state index in [2.05, 4.69) is 0 Å². The van der Waals surface area contributed by atoms with Gasteiger partial charge >= 0.3 is 0 Å². The SMILES string of the molecule is CC1=CC(N)C=C(N)C=C1. The van der Waals surface area contributed by atoms with Gasteiger partial charge in [-0.3, -0.25) is 0 Å². The fraction of sp³-hybridized carbons (Fsp3) is 0.250. The molecule has 1 atom stereocenters. The molecule has 1 aliphatic rings. The first-order chi connectivity index (χ1) is 4.68. The summed E-state index contributed by atoms with van der Waals surface area (Å²) in [6.45, 7) is 2.00. The Morgan fingerprint density at radius 2 is 2.00 bits per heavy atom. The highest BCUT2D eigenvalue weighted by Gasteiger charge is 1.97. The Bertz CT molecular complexity index is 189. The topological polar surface area (TPSA) is 52.0 Å². The zero-order valence-corrected chi connectivity index (χ0v) is 6.04. The summed E-state index contributed by atoms with van der Waals surface area (Å²) in [5, 5.41) is 0. The second kappa shape index (κ2) is 2.71. The second-order valence-corrected chi connectivity index (χ2v) is 2.49. The number of allylic oxidation sites excluding steroid dienone is 3. The third-order valence-corrected chi connectivity index (χ3v) is 1.38. The van der Waals surface area contributed by atoms with Gasteiger partial charge in [-0.05, 0) is 19.1 Å². The highest BCUT2D eigenvalue weighted by Crippen LogP contribution is 2.04. The molecule has 2 nitrogen and oxygen atoms in total. The molecule has 0 aliphatic heterocycles. The lowest BCUT2D eigenvalue weighted by Gasteiger charge is -1.97. The van der Waals surface area contributed by atoms with Crippen LogP contribution in [0.1, 0.15) is 6.92 Å². The Morgan fingerprint density at radius 1 is 1.30 bits per heavy atom. The van der Waals surface area contributed by atoms with Gasteiger partial charge in [-0.1, -0.05) is 17.7 Å². The van der Waals surface area contributed by atoms with E-state index in [1.807, 2.05) is 31.2 Å². The molecule has 0 heterocycles. The largest absolute Gasteiger partial charge is 0.399 e. The maximum atomic E-state index is 5.64. The van der Waals surface area contributed by atoms with Gasteiger partial charge in [0.15, 0.2) is 0 Å². The smallest absolute Gasteiger partial charge is 0.0438 e. The summed E-state index contributed by atoms with van der Waals surface area (Å²) in [6, 6.07) is -0.0324. The standard InChI is InChI=1S/C8H12N2/c1-6-2-3-7(9)5-8(10)4-6/h2-5,8H,9-10H2,1H3. The molecule has 0 saturated heterocycles. The third kappa shape index (κ3) is 1.74. The van der Waals surface area contributed by atoms with Crippen LogP contribution in [-0.2, 0) is 0 Å².